The van der Waals surface area contributed by atoms with Gasteiger partial charge in [0.05, 0.1) is 0 Å². The van der Waals surface area contributed by atoms with Gasteiger partial charge in [0, 0.05) is 12.1 Å². The summed E-state index contributed by atoms with van der Waals surface area (Å²) in [5.41, 5.74) is 1.21. The van der Waals surface area contributed by atoms with Crippen molar-refractivity contribution >= 4 is 17.7 Å². The first kappa shape index (κ1) is 12.7. The topological polar surface area (TPSA) is 55.1 Å². The molecule has 0 aliphatic rings. The zero-order valence-electron chi connectivity index (χ0n) is 10.3. The smallest absolute Gasteiger partial charge is 0.274 e. The molecular formula is C13H14N2O2S. The van der Waals surface area contributed by atoms with Gasteiger partial charge < -0.3 is 9.73 Å². The highest BCUT2D eigenvalue weighted by atomic mass is 32.2. The number of thioether (sulfide) groups is 1. The summed E-state index contributed by atoms with van der Waals surface area (Å²) in [6, 6.07) is 9.54. The van der Waals surface area contributed by atoms with Gasteiger partial charge in [-0.2, -0.15) is 0 Å². The van der Waals surface area contributed by atoms with Gasteiger partial charge in [-0.15, -0.1) is 0 Å². The lowest BCUT2D eigenvalue weighted by atomic mass is 10.2. The Balaban J connectivity index is 2.38. The molecule has 4 nitrogen and oxygen atoms in total. The fourth-order valence-electron chi connectivity index (χ4n) is 1.54. The Labute approximate surface area is 110 Å². The normalized spacial score (nSPS) is 10.3. The third-order valence-corrected chi connectivity index (χ3v) is 3.00. The minimum atomic E-state index is -0.201. The maximum Gasteiger partial charge on any atom is 0.274 e. The van der Waals surface area contributed by atoms with Gasteiger partial charge in [0.25, 0.3) is 5.91 Å². The molecule has 1 aromatic heterocycles. The molecule has 0 unspecified atom stereocenters. The molecule has 1 amide bonds. The number of hydrogen-bond acceptors (Lipinski definition) is 4. The molecule has 0 radical (unpaired) electrons. The number of carbonyl (C=O) groups is 1. The van der Waals surface area contributed by atoms with Crippen molar-refractivity contribution < 1.29 is 9.21 Å². The summed E-state index contributed by atoms with van der Waals surface area (Å²) in [5.74, 6) is 0.272. The summed E-state index contributed by atoms with van der Waals surface area (Å²) in [7, 11) is 0. The fourth-order valence-corrected chi connectivity index (χ4v) is 2.03. The molecule has 0 aliphatic carbocycles. The van der Waals surface area contributed by atoms with Crippen molar-refractivity contribution in [1.29, 1.82) is 0 Å². The predicted octanol–water partition coefficient (Wildman–Crippen LogP) is 2.81. The molecule has 2 rings (SSSR count). The van der Waals surface area contributed by atoms with Crippen molar-refractivity contribution in [2.24, 2.45) is 0 Å². The molecule has 0 aliphatic heterocycles. The molecule has 2 aromatic rings. The van der Waals surface area contributed by atoms with Gasteiger partial charge in [-0.25, -0.2) is 4.98 Å². The summed E-state index contributed by atoms with van der Waals surface area (Å²) in [6.45, 7) is 2.44. The molecule has 18 heavy (non-hydrogen) atoms. The van der Waals surface area contributed by atoms with E-state index in [1.54, 1.807) is 0 Å². The number of carbonyl (C=O) groups excluding carboxylic acids is 1. The van der Waals surface area contributed by atoms with E-state index in [-0.39, 0.29) is 5.91 Å². The van der Waals surface area contributed by atoms with Crippen LogP contribution in [0.25, 0.3) is 11.5 Å². The third-order valence-electron chi connectivity index (χ3n) is 2.35. The van der Waals surface area contributed by atoms with Gasteiger partial charge in [0.15, 0.2) is 10.8 Å². The van der Waals surface area contributed by atoms with Crippen LogP contribution in [-0.2, 0) is 0 Å². The second-order valence-electron chi connectivity index (χ2n) is 3.58. The molecule has 5 heteroatoms. The van der Waals surface area contributed by atoms with Gasteiger partial charge in [-0.3, -0.25) is 4.79 Å². The lowest BCUT2D eigenvalue weighted by molar-refractivity contribution is 0.0946. The highest BCUT2D eigenvalue weighted by Gasteiger charge is 2.19. The number of nitrogens with zero attached hydrogens (tertiary/aromatic N) is 1. The van der Waals surface area contributed by atoms with Crippen LogP contribution in [0.3, 0.4) is 0 Å². The van der Waals surface area contributed by atoms with Crippen LogP contribution in [0, 0.1) is 0 Å². The van der Waals surface area contributed by atoms with Crippen LogP contribution in [0.1, 0.15) is 17.4 Å². The lowest BCUT2D eigenvalue weighted by Gasteiger charge is -1.97. The predicted molar refractivity (Wildman–Crippen MR) is 71.7 cm³/mol. The van der Waals surface area contributed by atoms with Gasteiger partial charge in [-0.05, 0) is 25.3 Å². The molecule has 1 N–H and O–H groups in total. The van der Waals surface area contributed by atoms with Crippen LogP contribution in [0.4, 0.5) is 0 Å². The summed E-state index contributed by atoms with van der Waals surface area (Å²) >= 11 is 1.38. The van der Waals surface area contributed by atoms with Crippen LogP contribution in [0.2, 0.25) is 0 Å². The van der Waals surface area contributed by atoms with E-state index in [4.69, 9.17) is 4.42 Å². The van der Waals surface area contributed by atoms with Gasteiger partial charge in [0.2, 0.25) is 5.89 Å². The first-order valence-electron chi connectivity index (χ1n) is 5.64. The van der Waals surface area contributed by atoms with E-state index < -0.39 is 0 Å². The van der Waals surface area contributed by atoms with E-state index in [1.807, 2.05) is 43.5 Å². The molecule has 0 saturated heterocycles. The monoisotopic (exact) mass is 262 g/mol. The number of oxazole rings is 1. The molecule has 0 atom stereocenters. The van der Waals surface area contributed by atoms with Crippen LogP contribution >= 0.6 is 11.8 Å². The Morgan fingerprint density at radius 2 is 2.11 bits per heavy atom. The summed E-state index contributed by atoms with van der Waals surface area (Å²) in [5, 5.41) is 3.27. The Bertz CT molecular complexity index is 537. The second-order valence-corrected chi connectivity index (χ2v) is 4.36. The van der Waals surface area contributed by atoms with E-state index in [2.05, 4.69) is 10.3 Å². The maximum absolute atomic E-state index is 11.8. The Morgan fingerprint density at radius 3 is 2.72 bits per heavy atom. The van der Waals surface area contributed by atoms with Gasteiger partial charge in [0.1, 0.15) is 0 Å². The minimum Gasteiger partial charge on any atom is -0.429 e. The van der Waals surface area contributed by atoms with Crippen LogP contribution in [-0.4, -0.2) is 23.7 Å². The fraction of sp³-hybridized carbons (Fsp3) is 0.231. The van der Waals surface area contributed by atoms with E-state index in [0.29, 0.717) is 23.2 Å². The van der Waals surface area contributed by atoms with Gasteiger partial charge in [-0.1, -0.05) is 30.0 Å². The van der Waals surface area contributed by atoms with Gasteiger partial charge >= 0.3 is 0 Å². The molecule has 1 heterocycles. The summed E-state index contributed by atoms with van der Waals surface area (Å²) < 4.78 is 5.61. The maximum atomic E-state index is 11.8. The standard InChI is InChI=1S/C13H14N2O2S/c1-3-14-11(16)10-13(18-2)17-12(15-10)9-7-5-4-6-8-9/h4-8H,3H2,1-2H3,(H,14,16). The first-order chi connectivity index (χ1) is 8.76. The molecule has 1 aromatic carbocycles. The quantitative estimate of drug-likeness (QED) is 0.861. The van der Waals surface area contributed by atoms with Crippen molar-refractivity contribution in [2.75, 3.05) is 12.8 Å². The Hall–Kier alpha value is -1.75. The van der Waals surface area contributed by atoms with Crippen molar-refractivity contribution in [3.8, 4) is 11.5 Å². The third kappa shape index (κ3) is 2.56. The highest BCUT2D eigenvalue weighted by molar-refractivity contribution is 7.98. The minimum absolute atomic E-state index is 0.201. The summed E-state index contributed by atoms with van der Waals surface area (Å²) in [4.78, 5) is 16.1. The van der Waals surface area contributed by atoms with Crippen molar-refractivity contribution in [3.63, 3.8) is 0 Å². The molecule has 94 valence electrons. The van der Waals surface area contributed by atoms with Crippen LogP contribution < -0.4 is 5.32 Å². The number of nitrogens with one attached hydrogen (secondary N) is 1. The number of aromatic nitrogens is 1. The molecule has 0 saturated carbocycles. The van der Waals surface area contributed by atoms with Crippen LogP contribution in [0.15, 0.2) is 39.8 Å². The number of benzene rings is 1. The molecule has 0 spiro atoms. The Kier molecular flexibility index (Phi) is 4.04. The van der Waals surface area contributed by atoms with Crippen LogP contribution in [0.5, 0.6) is 0 Å². The Morgan fingerprint density at radius 1 is 1.39 bits per heavy atom. The molecule has 0 bridgehead atoms. The van der Waals surface area contributed by atoms with Crippen molar-refractivity contribution in [3.05, 3.63) is 36.0 Å². The van der Waals surface area contributed by atoms with Crippen molar-refractivity contribution in [2.45, 2.75) is 12.0 Å². The SMILES string of the molecule is CCNC(=O)c1nc(-c2ccccc2)oc1SC. The highest BCUT2D eigenvalue weighted by Crippen LogP contribution is 2.27. The molecular weight excluding hydrogens is 248 g/mol. The zero-order chi connectivity index (χ0) is 13.0. The average molecular weight is 262 g/mol. The second kappa shape index (κ2) is 5.73. The van der Waals surface area contributed by atoms with E-state index in [0.717, 1.165) is 5.56 Å². The largest absolute Gasteiger partial charge is 0.429 e. The first-order valence-corrected chi connectivity index (χ1v) is 6.87. The average Bonchev–Trinajstić information content (AvgIpc) is 2.84. The van der Waals surface area contributed by atoms with E-state index in [9.17, 15) is 4.79 Å². The number of amides is 1. The lowest BCUT2D eigenvalue weighted by Crippen LogP contribution is -2.23. The number of rotatable bonds is 4. The number of hydrogen-bond donors (Lipinski definition) is 1. The van der Waals surface area contributed by atoms with E-state index in [1.165, 1.54) is 11.8 Å². The van der Waals surface area contributed by atoms with Crippen molar-refractivity contribution in [1.82, 2.24) is 10.3 Å². The summed E-state index contributed by atoms with van der Waals surface area (Å²) in [6.07, 6.45) is 1.86. The zero-order valence-corrected chi connectivity index (χ0v) is 11.1. The molecule has 0 fully saturated rings. The van der Waals surface area contributed by atoms with E-state index >= 15 is 0 Å².